The second-order valence-corrected chi connectivity index (χ2v) is 15.9. The van der Waals surface area contributed by atoms with E-state index in [2.05, 4.69) is 60.2 Å². The van der Waals surface area contributed by atoms with Gasteiger partial charge in [-0.15, -0.1) is 8.58 Å². The molecular formula is C39H73N2O16P2S+. The summed E-state index contributed by atoms with van der Waals surface area (Å²) in [5.74, 6) is -1.58. The Hall–Kier alpha value is -3.87. The maximum absolute atomic E-state index is 11.4. The van der Waals surface area contributed by atoms with Gasteiger partial charge in [-0.3, -0.25) is 18.4 Å². The number of nitrogens with zero attached hydrogens (tertiary/aromatic N) is 2. The molecule has 4 N–H and O–H groups in total. The van der Waals surface area contributed by atoms with Crippen molar-refractivity contribution >= 4 is 56.4 Å². The minimum atomic E-state index is -4.09. The first-order valence-corrected chi connectivity index (χ1v) is 21.8. The Morgan fingerprint density at radius 1 is 0.783 bits per heavy atom. The zero-order chi connectivity index (χ0) is 46.5. The van der Waals surface area contributed by atoms with Crippen LogP contribution in [0.2, 0.25) is 0 Å². The molecule has 1 rings (SSSR count). The summed E-state index contributed by atoms with van der Waals surface area (Å²) in [5, 5.41) is 16.3. The minimum Gasteiger partial charge on any atom is -0.460 e. The molecule has 1 aromatic carbocycles. The quantitative estimate of drug-likeness (QED) is 0.0294. The fourth-order valence-corrected chi connectivity index (χ4v) is 3.47. The van der Waals surface area contributed by atoms with E-state index in [-0.39, 0.29) is 77.5 Å². The van der Waals surface area contributed by atoms with Crippen molar-refractivity contribution in [1.82, 2.24) is 4.90 Å². The van der Waals surface area contributed by atoms with Crippen molar-refractivity contribution in [3.63, 3.8) is 0 Å². The number of amides is 1. The Morgan fingerprint density at radius 2 is 1.18 bits per heavy atom. The van der Waals surface area contributed by atoms with Crippen LogP contribution in [-0.2, 0) is 57.1 Å². The molecule has 0 aliphatic heterocycles. The van der Waals surface area contributed by atoms with Gasteiger partial charge in [0.2, 0.25) is 5.91 Å². The molecule has 0 radical (unpaired) electrons. The normalized spacial score (nSPS) is 10.5. The number of aliphatic hydroxyl groups is 2. The average molecular weight is 920 g/mol. The van der Waals surface area contributed by atoms with Crippen molar-refractivity contribution in [1.29, 1.82) is 0 Å². The third-order valence-electron chi connectivity index (χ3n) is 5.14. The average Bonchev–Trinajstić information content (AvgIpc) is 3.14. The maximum atomic E-state index is 11.4. The first-order valence-electron chi connectivity index (χ1n) is 16.9. The molecule has 1 amide bonds. The summed E-state index contributed by atoms with van der Waals surface area (Å²) in [6.45, 7) is 24.2. The SMILES string of the molecule is C.C.C=C(C)C(=O)OCCO.C=C(C)C(=O)OCCOP(=O)(O)OCC[N+](C)(C)C.C=CC(=O)N(C)C.C=CC(=O)OCCO.C=Cc1ccc(S(=O)(=O)O)cc1.CPC. The number of rotatable bonds is 18. The highest BCUT2D eigenvalue weighted by Gasteiger charge is 2.22. The number of aliphatic hydroxyl groups excluding tert-OH is 2. The molecule has 350 valence electrons. The van der Waals surface area contributed by atoms with Crippen molar-refractivity contribution in [3.8, 4) is 0 Å². The third-order valence-corrected chi connectivity index (χ3v) is 7.03. The number of phosphoric acid groups is 1. The fourth-order valence-electron chi connectivity index (χ4n) is 2.30. The van der Waals surface area contributed by atoms with Crippen LogP contribution in [0.3, 0.4) is 0 Å². The molecule has 18 nitrogen and oxygen atoms in total. The minimum absolute atomic E-state index is 0. The van der Waals surface area contributed by atoms with Crippen LogP contribution in [-0.4, -0.2) is 163 Å². The predicted octanol–water partition coefficient (Wildman–Crippen LogP) is 4.79. The van der Waals surface area contributed by atoms with Gasteiger partial charge in [0, 0.05) is 31.3 Å². The Kier molecular flexibility index (Phi) is 49.3. The maximum Gasteiger partial charge on any atom is 0.472 e. The second-order valence-electron chi connectivity index (χ2n) is 12.0. The molecule has 0 aromatic heterocycles. The summed E-state index contributed by atoms with van der Waals surface area (Å²) in [7, 11) is 2.11. The van der Waals surface area contributed by atoms with Crippen LogP contribution in [0.1, 0.15) is 34.3 Å². The van der Waals surface area contributed by atoms with E-state index in [0.29, 0.717) is 16.6 Å². The number of carbonyl (C=O) groups is 4. The highest BCUT2D eigenvalue weighted by molar-refractivity contribution is 7.85. The number of carbonyl (C=O) groups excluding carboxylic acids is 4. The highest BCUT2D eigenvalue weighted by atomic mass is 32.2. The molecule has 0 aliphatic rings. The summed E-state index contributed by atoms with van der Waals surface area (Å²) in [6.07, 6.45) is 3.92. The molecule has 0 aliphatic carbocycles. The largest absolute Gasteiger partial charge is 0.472 e. The molecular weight excluding hydrogens is 846 g/mol. The number of phosphoric ester groups is 1. The molecule has 0 bridgehead atoms. The van der Waals surface area contributed by atoms with Crippen LogP contribution in [0.15, 0.2) is 85.4 Å². The van der Waals surface area contributed by atoms with Crippen molar-refractivity contribution in [3.05, 3.63) is 86.0 Å². The third kappa shape index (κ3) is 52.1. The van der Waals surface area contributed by atoms with Crippen molar-refractivity contribution < 1.29 is 79.6 Å². The number of hydrogen-bond donors (Lipinski definition) is 4. The van der Waals surface area contributed by atoms with Crippen LogP contribution in [0.5, 0.6) is 0 Å². The van der Waals surface area contributed by atoms with Crippen LogP contribution in [0.4, 0.5) is 0 Å². The molecule has 1 unspecified atom stereocenters. The molecule has 1 aromatic rings. The lowest BCUT2D eigenvalue weighted by molar-refractivity contribution is -0.870. The van der Waals surface area contributed by atoms with E-state index in [1.807, 2.05) is 21.1 Å². The van der Waals surface area contributed by atoms with E-state index >= 15 is 0 Å². The first-order chi connectivity index (χ1) is 26.7. The number of hydrogen-bond acceptors (Lipinski definition) is 14. The van der Waals surface area contributed by atoms with Gasteiger partial charge in [0.05, 0.1) is 45.9 Å². The molecule has 0 heterocycles. The number of likely N-dealkylation sites (N-methyl/N-ethyl adjacent to an activating group) is 2. The summed E-state index contributed by atoms with van der Waals surface area (Å²) >= 11 is 0. The van der Waals surface area contributed by atoms with Gasteiger partial charge < -0.3 is 38.7 Å². The van der Waals surface area contributed by atoms with Gasteiger partial charge in [0.15, 0.2) is 0 Å². The van der Waals surface area contributed by atoms with Gasteiger partial charge in [0.1, 0.15) is 33.0 Å². The van der Waals surface area contributed by atoms with E-state index in [4.69, 9.17) is 24.0 Å². The van der Waals surface area contributed by atoms with Gasteiger partial charge >= 0.3 is 25.7 Å². The highest BCUT2D eigenvalue weighted by Crippen LogP contribution is 2.42. The van der Waals surface area contributed by atoms with E-state index in [1.54, 1.807) is 39.2 Å². The summed E-state index contributed by atoms with van der Waals surface area (Å²) in [4.78, 5) is 52.6. The molecule has 1 atom stereocenters. The number of quaternary nitrogens is 1. The Morgan fingerprint density at radius 3 is 1.48 bits per heavy atom. The van der Waals surface area contributed by atoms with Crippen molar-refractivity contribution in [2.45, 2.75) is 33.6 Å². The summed E-state index contributed by atoms with van der Waals surface area (Å²) < 4.78 is 64.7. The second kappa shape index (κ2) is 41.8. The lowest BCUT2D eigenvalue weighted by Gasteiger charge is -2.23. The monoisotopic (exact) mass is 919 g/mol. The van der Waals surface area contributed by atoms with Crippen molar-refractivity contribution in [2.24, 2.45) is 0 Å². The zero-order valence-corrected chi connectivity index (χ0v) is 37.9. The Labute approximate surface area is 360 Å². The van der Waals surface area contributed by atoms with Gasteiger partial charge in [-0.1, -0.05) is 66.0 Å². The van der Waals surface area contributed by atoms with Gasteiger partial charge in [-0.05, 0) is 50.9 Å². The number of benzene rings is 1. The predicted molar refractivity (Wildman–Crippen MR) is 240 cm³/mol. The van der Waals surface area contributed by atoms with Crippen LogP contribution in [0, 0.1) is 0 Å². The topological polar surface area (TPSA) is 250 Å². The Bertz CT molecular complexity index is 1540. The van der Waals surface area contributed by atoms with E-state index in [1.165, 1.54) is 30.0 Å². The Balaban J connectivity index is -0.000000120. The lowest BCUT2D eigenvalue weighted by Crippen LogP contribution is -2.37. The van der Waals surface area contributed by atoms with Crippen LogP contribution in [0.25, 0.3) is 6.08 Å². The van der Waals surface area contributed by atoms with Crippen LogP contribution >= 0.6 is 16.4 Å². The number of ether oxygens (including phenoxy) is 3. The molecule has 0 saturated carbocycles. The van der Waals surface area contributed by atoms with Gasteiger partial charge in [0.25, 0.3) is 10.1 Å². The summed E-state index contributed by atoms with van der Waals surface area (Å²) in [6, 6.07) is 5.78. The molecule has 0 saturated heterocycles. The fraction of sp³-hybridized carbons (Fsp3) is 0.487. The summed E-state index contributed by atoms with van der Waals surface area (Å²) in [5.41, 5.74) is 1.41. The van der Waals surface area contributed by atoms with E-state index < -0.39 is 35.8 Å². The van der Waals surface area contributed by atoms with Crippen molar-refractivity contribution in [2.75, 3.05) is 101 Å². The number of esters is 3. The molecule has 0 fully saturated rings. The van der Waals surface area contributed by atoms with Gasteiger partial charge in [-0.2, -0.15) is 8.42 Å². The molecule has 21 heteroatoms. The van der Waals surface area contributed by atoms with Crippen LogP contribution < -0.4 is 0 Å². The van der Waals surface area contributed by atoms with Gasteiger partial charge in [-0.25, -0.2) is 18.9 Å². The standard InChI is InChI=1S/C11H22NO6P.C8H8O3S.C6H10O3.C5H9NO.C5H8O3.C2H7P.2CH4/c1-10(2)11(13)16-8-9-18-19(14,15)17-7-6-12(3,4)5;1-2-7-3-5-8(6-4-7)12(9,10)11;1-5(2)6(8)9-4-3-7;1-4-5(7)6(2)3;1-2-5(7)8-4-3-6;1-3-2;;/h1,6-9H2,2-5H3;2-6H,1H2,(H,9,10,11);7H,1,3-4H2,2H3;4H,1H2,2-3H3;2,6H,1,3-4H2;3H,1-2H3;2*1H4/p+1. The zero-order valence-electron chi connectivity index (χ0n) is 35.2. The first kappa shape index (κ1) is 70.7. The molecule has 60 heavy (non-hydrogen) atoms. The van der Waals surface area contributed by atoms with E-state index in [0.717, 1.165) is 20.2 Å². The van der Waals surface area contributed by atoms with E-state index in [9.17, 15) is 37.1 Å². The smallest absolute Gasteiger partial charge is 0.460 e. The molecule has 0 spiro atoms. The lowest BCUT2D eigenvalue weighted by atomic mass is 10.2.